The Morgan fingerprint density at radius 1 is 0.778 bits per heavy atom. The summed E-state index contributed by atoms with van der Waals surface area (Å²) >= 11 is 0. The summed E-state index contributed by atoms with van der Waals surface area (Å²) in [6.07, 6.45) is 1.59. The van der Waals surface area contributed by atoms with Gasteiger partial charge in [0.25, 0.3) is 5.91 Å². The molecule has 0 saturated heterocycles. The number of ether oxygens (including phenoxy) is 1. The van der Waals surface area contributed by atoms with Gasteiger partial charge in [-0.15, -0.1) is 0 Å². The second kappa shape index (κ2) is 13.4. The number of aromatic nitrogens is 3. The minimum absolute atomic E-state index is 0.0714. The number of amides is 1. The van der Waals surface area contributed by atoms with Crippen LogP contribution in [0.1, 0.15) is 32.7 Å². The average molecular weight is 593 g/mol. The van der Waals surface area contributed by atoms with Gasteiger partial charge in [0.15, 0.2) is 5.65 Å². The molecule has 1 atom stereocenters. The third-order valence-corrected chi connectivity index (χ3v) is 7.07. The number of hydrogen-bond acceptors (Lipinski definition) is 5. The number of carboxylic acid groups (broad SMARTS) is 1. The van der Waals surface area contributed by atoms with Gasteiger partial charge < -0.3 is 15.2 Å². The third kappa shape index (κ3) is 7.42. The molecule has 2 N–H and O–H groups in total. The van der Waals surface area contributed by atoms with Crippen LogP contribution >= 0.6 is 0 Å². The number of fused-ring (bicyclic) bond motifs is 1. The monoisotopic (exact) mass is 592 g/mol. The second-order valence-corrected chi connectivity index (χ2v) is 10.3. The van der Waals surface area contributed by atoms with Crippen molar-refractivity contribution in [2.24, 2.45) is 0 Å². The van der Waals surface area contributed by atoms with Gasteiger partial charge in [-0.1, -0.05) is 84.6 Å². The molecule has 4 aromatic carbocycles. The van der Waals surface area contributed by atoms with Crippen molar-refractivity contribution >= 4 is 17.5 Å². The Kier molecular flexibility index (Phi) is 8.61. The van der Waals surface area contributed by atoms with Gasteiger partial charge in [0, 0.05) is 23.1 Å². The Labute approximate surface area is 260 Å². The first kappa shape index (κ1) is 28.9. The van der Waals surface area contributed by atoms with E-state index in [-0.39, 0.29) is 12.1 Å². The lowest BCUT2D eigenvalue weighted by Gasteiger charge is -2.14. The fourth-order valence-electron chi connectivity index (χ4n) is 4.67. The van der Waals surface area contributed by atoms with Crippen molar-refractivity contribution in [1.82, 2.24) is 19.9 Å². The van der Waals surface area contributed by atoms with Crippen LogP contribution < -0.4 is 10.1 Å². The predicted octanol–water partition coefficient (Wildman–Crippen LogP) is 5.80. The number of nitrogens with zero attached hydrogens (tertiary/aromatic N) is 3. The minimum Gasteiger partial charge on any atom is -0.489 e. The maximum Gasteiger partial charge on any atom is 0.326 e. The molecule has 0 saturated carbocycles. The SMILES string of the molecule is O=C(NC(Cc1ccc(OCc2ccccc2)cc1)C(=O)O)c1cn2nc(-c3ccc(C#Cc4ccccc4)cc3)ccc2n1. The summed E-state index contributed by atoms with van der Waals surface area (Å²) in [7, 11) is 0. The standard InChI is InChI=1S/C37H28N4O4/c42-36(39-33(37(43)44)23-28-15-19-31(20-16-28)45-25-29-9-5-2-6-10-29)34-24-41-35(38-34)22-21-32(40-41)30-17-13-27(14-18-30)12-11-26-7-3-1-4-8-26/h1-10,13-22,24,33H,23,25H2,(H,39,42)(H,43,44). The molecule has 8 nitrogen and oxygen atoms in total. The predicted molar refractivity (Wildman–Crippen MR) is 171 cm³/mol. The topological polar surface area (TPSA) is 106 Å². The van der Waals surface area contributed by atoms with E-state index in [2.05, 4.69) is 27.2 Å². The first-order chi connectivity index (χ1) is 22.0. The van der Waals surface area contributed by atoms with Crippen LogP contribution in [-0.2, 0) is 17.8 Å². The highest BCUT2D eigenvalue weighted by molar-refractivity contribution is 5.95. The van der Waals surface area contributed by atoms with E-state index in [1.165, 1.54) is 10.7 Å². The van der Waals surface area contributed by atoms with E-state index < -0.39 is 17.9 Å². The molecule has 1 amide bonds. The molecule has 0 aliphatic rings. The van der Waals surface area contributed by atoms with E-state index >= 15 is 0 Å². The van der Waals surface area contributed by atoms with Crippen molar-refractivity contribution < 1.29 is 19.4 Å². The number of nitrogens with one attached hydrogen (secondary N) is 1. The number of imidazole rings is 1. The summed E-state index contributed by atoms with van der Waals surface area (Å²) < 4.78 is 7.32. The van der Waals surface area contributed by atoms with E-state index in [4.69, 9.17) is 4.74 Å². The van der Waals surface area contributed by atoms with E-state index in [1.807, 2.05) is 91.0 Å². The summed E-state index contributed by atoms with van der Waals surface area (Å²) in [6, 6.07) is 36.9. The molecule has 0 radical (unpaired) electrons. The number of carbonyl (C=O) groups excluding carboxylic acids is 1. The maximum absolute atomic E-state index is 13.0. The molecule has 0 spiro atoms. The molecule has 8 heteroatoms. The summed E-state index contributed by atoms with van der Waals surface area (Å²) in [5, 5.41) is 17.0. The molecule has 0 fully saturated rings. The van der Waals surface area contributed by atoms with Crippen molar-refractivity contribution in [2.45, 2.75) is 19.1 Å². The van der Waals surface area contributed by atoms with Crippen molar-refractivity contribution in [3.63, 3.8) is 0 Å². The van der Waals surface area contributed by atoms with Gasteiger partial charge in [-0.2, -0.15) is 5.10 Å². The number of rotatable bonds is 9. The summed E-state index contributed by atoms with van der Waals surface area (Å²) in [5.74, 6) is 5.23. The molecule has 6 rings (SSSR count). The molecule has 6 aromatic rings. The quantitative estimate of drug-likeness (QED) is 0.206. The van der Waals surface area contributed by atoms with Gasteiger partial charge in [-0.3, -0.25) is 4.79 Å². The fourth-order valence-corrected chi connectivity index (χ4v) is 4.67. The van der Waals surface area contributed by atoms with Crippen LogP contribution in [0.5, 0.6) is 5.75 Å². The normalized spacial score (nSPS) is 11.3. The molecule has 220 valence electrons. The Morgan fingerprint density at radius 2 is 1.44 bits per heavy atom. The van der Waals surface area contributed by atoms with Crippen LogP contribution in [0.15, 0.2) is 128 Å². The number of aliphatic carboxylic acids is 1. The molecule has 0 aliphatic carbocycles. The van der Waals surface area contributed by atoms with Crippen LogP contribution in [0.2, 0.25) is 0 Å². The highest BCUT2D eigenvalue weighted by Crippen LogP contribution is 2.19. The number of hydrogen-bond donors (Lipinski definition) is 2. The molecular formula is C37H28N4O4. The number of benzene rings is 4. The van der Waals surface area contributed by atoms with Crippen LogP contribution in [0.3, 0.4) is 0 Å². The third-order valence-electron chi connectivity index (χ3n) is 7.07. The van der Waals surface area contributed by atoms with Crippen LogP contribution in [0, 0.1) is 11.8 Å². The van der Waals surface area contributed by atoms with Crippen molar-refractivity contribution in [1.29, 1.82) is 0 Å². The lowest BCUT2D eigenvalue weighted by molar-refractivity contribution is -0.139. The van der Waals surface area contributed by atoms with E-state index in [9.17, 15) is 14.7 Å². The molecule has 2 heterocycles. The van der Waals surface area contributed by atoms with Gasteiger partial charge in [0.2, 0.25) is 0 Å². The van der Waals surface area contributed by atoms with E-state index in [1.54, 1.807) is 30.3 Å². The Bertz CT molecular complexity index is 1990. The van der Waals surface area contributed by atoms with Gasteiger partial charge >= 0.3 is 5.97 Å². The first-order valence-electron chi connectivity index (χ1n) is 14.3. The van der Waals surface area contributed by atoms with Gasteiger partial charge in [0.1, 0.15) is 24.1 Å². The lowest BCUT2D eigenvalue weighted by atomic mass is 10.1. The number of carbonyl (C=O) groups is 2. The van der Waals surface area contributed by atoms with Gasteiger partial charge in [-0.25, -0.2) is 14.3 Å². The minimum atomic E-state index is -1.15. The second-order valence-electron chi connectivity index (χ2n) is 10.3. The summed E-state index contributed by atoms with van der Waals surface area (Å²) in [4.78, 5) is 29.4. The van der Waals surface area contributed by atoms with Gasteiger partial charge in [0.05, 0.1) is 11.9 Å². The molecule has 0 bridgehead atoms. The van der Waals surface area contributed by atoms with Crippen LogP contribution in [0.25, 0.3) is 16.9 Å². The first-order valence-corrected chi connectivity index (χ1v) is 14.3. The Morgan fingerprint density at radius 3 is 2.13 bits per heavy atom. The lowest BCUT2D eigenvalue weighted by Crippen LogP contribution is -2.42. The Balaban J connectivity index is 1.09. The highest BCUT2D eigenvalue weighted by atomic mass is 16.5. The molecule has 45 heavy (non-hydrogen) atoms. The largest absolute Gasteiger partial charge is 0.489 e. The zero-order valence-corrected chi connectivity index (χ0v) is 24.1. The number of carboxylic acids is 1. The average Bonchev–Trinajstić information content (AvgIpc) is 3.52. The molecule has 1 unspecified atom stereocenters. The zero-order valence-electron chi connectivity index (χ0n) is 24.1. The van der Waals surface area contributed by atoms with E-state index in [0.29, 0.717) is 23.7 Å². The smallest absolute Gasteiger partial charge is 0.326 e. The fraction of sp³-hybridized carbons (Fsp3) is 0.0811. The zero-order chi connectivity index (χ0) is 31.0. The molecular weight excluding hydrogens is 564 g/mol. The molecule has 2 aromatic heterocycles. The highest BCUT2D eigenvalue weighted by Gasteiger charge is 2.23. The van der Waals surface area contributed by atoms with Gasteiger partial charge in [-0.05, 0) is 59.7 Å². The van der Waals surface area contributed by atoms with E-state index in [0.717, 1.165) is 27.8 Å². The van der Waals surface area contributed by atoms with Crippen molar-refractivity contribution in [3.05, 3.63) is 155 Å². The maximum atomic E-state index is 13.0. The van der Waals surface area contributed by atoms with Crippen molar-refractivity contribution in [3.8, 4) is 28.8 Å². The summed E-state index contributed by atoms with van der Waals surface area (Å²) in [5.41, 5.74) is 5.72. The summed E-state index contributed by atoms with van der Waals surface area (Å²) in [6.45, 7) is 0.431. The van der Waals surface area contributed by atoms with Crippen LogP contribution in [-0.4, -0.2) is 37.6 Å². The Hall–Kier alpha value is -6.20. The van der Waals surface area contributed by atoms with Crippen LogP contribution in [0.4, 0.5) is 0 Å². The van der Waals surface area contributed by atoms with Crippen molar-refractivity contribution in [2.75, 3.05) is 0 Å². The molecule has 0 aliphatic heterocycles.